The highest BCUT2D eigenvalue weighted by Gasteiger charge is 2.03. The average Bonchev–Trinajstić information content (AvgIpc) is 2.63. The highest BCUT2D eigenvalue weighted by Crippen LogP contribution is 2.23. The SMILES string of the molecule is Cc1nc(CNc2ccc(Br)cc2N)no1. The van der Waals surface area contributed by atoms with E-state index in [1.165, 1.54) is 0 Å². The van der Waals surface area contributed by atoms with Gasteiger partial charge in [-0.05, 0) is 18.2 Å². The normalized spacial score (nSPS) is 10.4. The van der Waals surface area contributed by atoms with Crippen molar-refractivity contribution >= 4 is 27.3 Å². The number of nitrogens with two attached hydrogens (primary N) is 1. The third-order valence-corrected chi connectivity index (χ3v) is 2.51. The topological polar surface area (TPSA) is 77.0 Å². The number of halogens is 1. The van der Waals surface area contributed by atoms with Gasteiger partial charge in [-0.15, -0.1) is 0 Å². The van der Waals surface area contributed by atoms with Crippen molar-refractivity contribution in [2.45, 2.75) is 13.5 Å². The summed E-state index contributed by atoms with van der Waals surface area (Å²) in [4.78, 5) is 4.08. The number of hydrogen-bond donors (Lipinski definition) is 2. The van der Waals surface area contributed by atoms with Crippen molar-refractivity contribution in [1.29, 1.82) is 0 Å². The van der Waals surface area contributed by atoms with Gasteiger partial charge in [-0.3, -0.25) is 0 Å². The molecule has 0 amide bonds. The van der Waals surface area contributed by atoms with Crippen LogP contribution in [0.1, 0.15) is 11.7 Å². The van der Waals surface area contributed by atoms with Crippen LogP contribution in [0.4, 0.5) is 11.4 Å². The van der Waals surface area contributed by atoms with Crippen molar-refractivity contribution in [3.05, 3.63) is 34.4 Å². The Kier molecular flexibility index (Phi) is 3.09. The maximum atomic E-state index is 5.83. The van der Waals surface area contributed by atoms with Gasteiger partial charge in [-0.25, -0.2) is 0 Å². The van der Waals surface area contributed by atoms with Gasteiger partial charge in [0.1, 0.15) is 0 Å². The molecule has 0 unspecified atom stereocenters. The molecule has 1 aromatic heterocycles. The molecule has 2 aromatic rings. The van der Waals surface area contributed by atoms with Crippen LogP contribution in [-0.2, 0) is 6.54 Å². The number of anilines is 2. The van der Waals surface area contributed by atoms with E-state index in [2.05, 4.69) is 31.4 Å². The third-order valence-electron chi connectivity index (χ3n) is 2.02. The van der Waals surface area contributed by atoms with Gasteiger partial charge in [-0.1, -0.05) is 21.1 Å². The molecule has 0 aliphatic heterocycles. The van der Waals surface area contributed by atoms with Gasteiger partial charge in [-0.2, -0.15) is 4.98 Å². The molecule has 1 heterocycles. The molecule has 1 aromatic carbocycles. The van der Waals surface area contributed by atoms with E-state index in [0.717, 1.165) is 10.2 Å². The van der Waals surface area contributed by atoms with E-state index < -0.39 is 0 Å². The molecule has 0 aliphatic rings. The molecule has 0 atom stereocenters. The summed E-state index contributed by atoms with van der Waals surface area (Å²) in [6.45, 7) is 2.24. The summed E-state index contributed by atoms with van der Waals surface area (Å²) < 4.78 is 5.81. The zero-order chi connectivity index (χ0) is 11.5. The van der Waals surface area contributed by atoms with E-state index in [0.29, 0.717) is 23.9 Å². The van der Waals surface area contributed by atoms with E-state index >= 15 is 0 Å². The largest absolute Gasteiger partial charge is 0.397 e. The number of benzene rings is 1. The highest BCUT2D eigenvalue weighted by atomic mass is 79.9. The summed E-state index contributed by atoms with van der Waals surface area (Å²) in [5.41, 5.74) is 7.36. The first-order valence-electron chi connectivity index (χ1n) is 4.73. The fraction of sp³-hybridized carbons (Fsp3) is 0.200. The van der Waals surface area contributed by atoms with E-state index in [9.17, 15) is 0 Å². The third kappa shape index (κ3) is 2.52. The second-order valence-electron chi connectivity index (χ2n) is 3.31. The summed E-state index contributed by atoms with van der Waals surface area (Å²) in [7, 11) is 0. The molecule has 0 radical (unpaired) electrons. The molecule has 0 saturated carbocycles. The number of nitrogens with one attached hydrogen (secondary N) is 1. The van der Waals surface area contributed by atoms with E-state index in [-0.39, 0.29) is 0 Å². The Hall–Kier alpha value is -1.56. The molecular weight excluding hydrogens is 272 g/mol. The van der Waals surface area contributed by atoms with Gasteiger partial charge in [0.25, 0.3) is 0 Å². The fourth-order valence-corrected chi connectivity index (χ4v) is 1.66. The lowest BCUT2D eigenvalue weighted by molar-refractivity contribution is 0.388. The molecule has 16 heavy (non-hydrogen) atoms. The first-order valence-corrected chi connectivity index (χ1v) is 5.52. The van der Waals surface area contributed by atoms with E-state index in [1.807, 2.05) is 18.2 Å². The number of aromatic nitrogens is 2. The predicted molar refractivity (Wildman–Crippen MR) is 64.9 cm³/mol. The molecule has 0 bridgehead atoms. The molecule has 84 valence electrons. The molecule has 0 spiro atoms. The van der Waals surface area contributed by atoms with Crippen molar-refractivity contribution in [3.63, 3.8) is 0 Å². The van der Waals surface area contributed by atoms with Gasteiger partial charge in [0.05, 0.1) is 17.9 Å². The van der Waals surface area contributed by atoms with E-state index in [4.69, 9.17) is 10.3 Å². The summed E-state index contributed by atoms with van der Waals surface area (Å²) in [6, 6.07) is 5.65. The summed E-state index contributed by atoms with van der Waals surface area (Å²) in [6.07, 6.45) is 0. The maximum Gasteiger partial charge on any atom is 0.223 e. The Morgan fingerprint density at radius 1 is 1.50 bits per heavy atom. The zero-order valence-corrected chi connectivity index (χ0v) is 10.3. The van der Waals surface area contributed by atoms with Gasteiger partial charge < -0.3 is 15.6 Å². The van der Waals surface area contributed by atoms with Crippen LogP contribution >= 0.6 is 15.9 Å². The highest BCUT2D eigenvalue weighted by molar-refractivity contribution is 9.10. The van der Waals surface area contributed by atoms with Crippen LogP contribution in [0.15, 0.2) is 27.2 Å². The van der Waals surface area contributed by atoms with Gasteiger partial charge in [0, 0.05) is 11.4 Å². The molecular formula is C10H11BrN4O. The maximum absolute atomic E-state index is 5.83. The monoisotopic (exact) mass is 282 g/mol. The zero-order valence-electron chi connectivity index (χ0n) is 8.70. The minimum atomic E-state index is 0.489. The Morgan fingerprint density at radius 2 is 2.31 bits per heavy atom. The van der Waals surface area contributed by atoms with Crippen LogP contribution in [-0.4, -0.2) is 10.1 Å². The molecule has 3 N–H and O–H groups in total. The van der Waals surface area contributed by atoms with Gasteiger partial charge in [0.15, 0.2) is 5.82 Å². The molecule has 5 nitrogen and oxygen atoms in total. The first-order chi connectivity index (χ1) is 7.65. The first kappa shape index (κ1) is 10.9. The number of hydrogen-bond acceptors (Lipinski definition) is 5. The fourth-order valence-electron chi connectivity index (χ4n) is 1.28. The van der Waals surface area contributed by atoms with Crippen molar-refractivity contribution in [1.82, 2.24) is 10.1 Å². The Labute approximate surface area is 101 Å². The number of rotatable bonds is 3. The number of nitrogen functional groups attached to an aromatic ring is 1. The second-order valence-corrected chi connectivity index (χ2v) is 4.23. The lowest BCUT2D eigenvalue weighted by Crippen LogP contribution is -2.03. The molecule has 0 saturated heterocycles. The molecule has 2 rings (SSSR count). The summed E-state index contributed by atoms with van der Waals surface area (Å²) >= 11 is 3.35. The lowest BCUT2D eigenvalue weighted by Gasteiger charge is -2.07. The van der Waals surface area contributed by atoms with E-state index in [1.54, 1.807) is 6.92 Å². The van der Waals surface area contributed by atoms with Crippen molar-refractivity contribution < 1.29 is 4.52 Å². The number of nitrogens with zero attached hydrogens (tertiary/aromatic N) is 2. The van der Waals surface area contributed by atoms with Crippen molar-refractivity contribution in [2.75, 3.05) is 11.1 Å². The van der Waals surface area contributed by atoms with Gasteiger partial charge >= 0.3 is 0 Å². The van der Waals surface area contributed by atoms with Crippen LogP contribution in [0.25, 0.3) is 0 Å². The second kappa shape index (κ2) is 4.52. The summed E-state index contributed by atoms with van der Waals surface area (Å²) in [5.74, 6) is 1.17. The number of aryl methyl sites for hydroxylation is 1. The minimum Gasteiger partial charge on any atom is -0.397 e. The Balaban J connectivity index is 2.04. The Morgan fingerprint density at radius 3 is 2.94 bits per heavy atom. The summed E-state index contributed by atoms with van der Waals surface area (Å²) in [5, 5.41) is 6.92. The van der Waals surface area contributed by atoms with Crippen LogP contribution in [0.3, 0.4) is 0 Å². The lowest BCUT2D eigenvalue weighted by atomic mass is 10.2. The quantitative estimate of drug-likeness (QED) is 0.845. The smallest absolute Gasteiger partial charge is 0.223 e. The standard InChI is InChI=1S/C10H11BrN4O/c1-6-14-10(15-16-6)5-13-9-3-2-7(11)4-8(9)12/h2-4,13H,5,12H2,1H3. The molecule has 0 fully saturated rings. The van der Waals surface area contributed by atoms with Crippen LogP contribution in [0.5, 0.6) is 0 Å². The van der Waals surface area contributed by atoms with Crippen LogP contribution in [0.2, 0.25) is 0 Å². The minimum absolute atomic E-state index is 0.489. The molecule has 0 aliphatic carbocycles. The van der Waals surface area contributed by atoms with Crippen molar-refractivity contribution in [2.24, 2.45) is 0 Å². The van der Waals surface area contributed by atoms with Crippen LogP contribution in [0, 0.1) is 6.92 Å². The Bertz CT molecular complexity index is 497. The molecule has 6 heteroatoms. The average molecular weight is 283 g/mol. The predicted octanol–water partition coefficient (Wildman–Crippen LogP) is 2.33. The van der Waals surface area contributed by atoms with Gasteiger partial charge in [0.2, 0.25) is 5.89 Å². The van der Waals surface area contributed by atoms with Crippen molar-refractivity contribution in [3.8, 4) is 0 Å². The van der Waals surface area contributed by atoms with Crippen LogP contribution < -0.4 is 11.1 Å².